The normalized spacial score (nSPS) is 38.5. The van der Waals surface area contributed by atoms with Crippen LogP contribution in [0.1, 0.15) is 0 Å². The third kappa shape index (κ3) is 0.735. The molecule has 0 bridgehead atoms. The van der Waals surface area contributed by atoms with E-state index in [2.05, 4.69) is 0 Å². The zero-order valence-corrected chi connectivity index (χ0v) is 5.63. The molecule has 0 aromatic heterocycles. The highest BCUT2D eigenvalue weighted by atomic mass is 19.3. The summed E-state index contributed by atoms with van der Waals surface area (Å²) in [7, 11) is 0. The number of fused-ring (bicyclic) bond motifs is 1. The van der Waals surface area contributed by atoms with E-state index in [1.807, 2.05) is 0 Å². The van der Waals surface area contributed by atoms with Crippen molar-refractivity contribution in [2.45, 2.75) is 5.92 Å². The fourth-order valence-electron chi connectivity index (χ4n) is 1.66. The highest BCUT2D eigenvalue weighted by Gasteiger charge is 2.72. The Morgan fingerprint density at radius 2 is 1.91 bits per heavy atom. The number of piperidine rings is 1. The quantitative estimate of drug-likeness (QED) is 0.575. The smallest absolute Gasteiger partial charge is 0.407 e. The Bertz CT molecular complexity index is 205. The molecule has 2 rings (SSSR count). The molecule has 0 aromatic rings. The lowest BCUT2D eigenvalue weighted by Crippen LogP contribution is -2.32. The van der Waals surface area contributed by atoms with Crippen LogP contribution in [0.3, 0.4) is 0 Å². The maximum absolute atomic E-state index is 12.5. The van der Waals surface area contributed by atoms with Crippen molar-refractivity contribution in [2.24, 2.45) is 11.8 Å². The highest BCUT2D eigenvalue weighted by molar-refractivity contribution is 5.66. The van der Waals surface area contributed by atoms with Crippen LogP contribution < -0.4 is 0 Å². The molecular weight excluding hydrogens is 156 g/mol. The largest absolute Gasteiger partial charge is 0.465 e. The third-order valence-electron chi connectivity index (χ3n) is 2.47. The van der Waals surface area contributed by atoms with Crippen molar-refractivity contribution in [3.63, 3.8) is 0 Å². The van der Waals surface area contributed by atoms with Gasteiger partial charge in [0.25, 0.3) is 5.92 Å². The van der Waals surface area contributed by atoms with E-state index >= 15 is 0 Å². The SMILES string of the molecule is O=C(O)N1CC2C(C1)C2(F)F. The molecule has 3 nitrogen and oxygen atoms in total. The van der Waals surface area contributed by atoms with Gasteiger partial charge in [0, 0.05) is 13.1 Å². The molecule has 11 heavy (non-hydrogen) atoms. The molecule has 1 aliphatic carbocycles. The Morgan fingerprint density at radius 1 is 1.45 bits per heavy atom. The molecule has 2 aliphatic rings. The average Bonchev–Trinajstić information content (AvgIpc) is 2.28. The molecule has 1 heterocycles. The van der Waals surface area contributed by atoms with E-state index in [0.29, 0.717) is 0 Å². The van der Waals surface area contributed by atoms with Crippen molar-refractivity contribution in [1.82, 2.24) is 4.90 Å². The zero-order chi connectivity index (χ0) is 8.22. The minimum absolute atomic E-state index is 0.00694. The lowest BCUT2D eigenvalue weighted by Gasteiger charge is -2.14. The maximum atomic E-state index is 12.5. The average molecular weight is 163 g/mol. The summed E-state index contributed by atoms with van der Waals surface area (Å²) in [6, 6.07) is 0. The molecule has 1 aliphatic heterocycles. The van der Waals surface area contributed by atoms with Crippen LogP contribution in [0.4, 0.5) is 13.6 Å². The molecule has 0 spiro atoms. The summed E-state index contributed by atoms with van der Waals surface area (Å²) in [5.41, 5.74) is 0. The molecule has 2 fully saturated rings. The van der Waals surface area contributed by atoms with Crippen molar-refractivity contribution in [2.75, 3.05) is 13.1 Å². The van der Waals surface area contributed by atoms with Crippen LogP contribution in [0.15, 0.2) is 0 Å². The molecule has 0 aromatic carbocycles. The van der Waals surface area contributed by atoms with Crippen molar-refractivity contribution in [1.29, 1.82) is 0 Å². The number of nitrogens with zero attached hydrogens (tertiary/aromatic N) is 1. The van der Waals surface area contributed by atoms with Crippen LogP contribution in [-0.2, 0) is 0 Å². The maximum Gasteiger partial charge on any atom is 0.407 e. The van der Waals surface area contributed by atoms with Gasteiger partial charge in [0.05, 0.1) is 11.8 Å². The first-order chi connectivity index (χ1) is 5.03. The molecule has 2 unspecified atom stereocenters. The van der Waals surface area contributed by atoms with Gasteiger partial charge >= 0.3 is 6.09 Å². The highest BCUT2D eigenvalue weighted by Crippen LogP contribution is 2.59. The van der Waals surface area contributed by atoms with E-state index < -0.39 is 23.9 Å². The van der Waals surface area contributed by atoms with Crippen LogP contribution in [0, 0.1) is 11.8 Å². The topological polar surface area (TPSA) is 40.5 Å². The summed E-state index contributed by atoms with van der Waals surface area (Å²) < 4.78 is 24.9. The number of likely N-dealkylation sites (tertiary alicyclic amines) is 1. The molecule has 1 N–H and O–H groups in total. The summed E-state index contributed by atoms with van der Waals surface area (Å²) >= 11 is 0. The predicted octanol–water partition coefficient (Wildman–Crippen LogP) is 0.861. The van der Waals surface area contributed by atoms with Crippen molar-refractivity contribution >= 4 is 6.09 Å². The second-order valence-corrected chi connectivity index (χ2v) is 3.08. The Labute approximate surface area is 61.6 Å². The minimum Gasteiger partial charge on any atom is -0.465 e. The van der Waals surface area contributed by atoms with Crippen LogP contribution in [0.2, 0.25) is 0 Å². The van der Waals surface area contributed by atoms with Gasteiger partial charge in [0.1, 0.15) is 0 Å². The van der Waals surface area contributed by atoms with Gasteiger partial charge in [-0.2, -0.15) is 0 Å². The first-order valence-electron chi connectivity index (χ1n) is 3.39. The lowest BCUT2D eigenvalue weighted by molar-refractivity contribution is 0.0535. The van der Waals surface area contributed by atoms with E-state index in [9.17, 15) is 13.6 Å². The summed E-state index contributed by atoms with van der Waals surface area (Å²) in [4.78, 5) is 11.3. The Balaban J connectivity index is 2.00. The van der Waals surface area contributed by atoms with Gasteiger partial charge in [-0.05, 0) is 0 Å². The summed E-state index contributed by atoms with van der Waals surface area (Å²) in [5.74, 6) is -3.97. The summed E-state index contributed by atoms with van der Waals surface area (Å²) in [6.07, 6.45) is -1.09. The predicted molar refractivity (Wildman–Crippen MR) is 31.5 cm³/mol. The van der Waals surface area contributed by atoms with Crippen molar-refractivity contribution < 1.29 is 18.7 Å². The number of hydrogen-bond donors (Lipinski definition) is 1. The van der Waals surface area contributed by atoms with Crippen LogP contribution in [0.25, 0.3) is 0 Å². The van der Waals surface area contributed by atoms with Crippen molar-refractivity contribution in [3.8, 4) is 0 Å². The monoisotopic (exact) mass is 163 g/mol. The number of alkyl halides is 2. The molecule has 1 saturated carbocycles. The van der Waals surface area contributed by atoms with E-state index in [1.54, 1.807) is 0 Å². The molecule has 2 atom stereocenters. The Kier molecular flexibility index (Phi) is 1.02. The molecule has 62 valence electrons. The first-order valence-corrected chi connectivity index (χ1v) is 3.39. The fourth-order valence-corrected chi connectivity index (χ4v) is 1.66. The van der Waals surface area contributed by atoms with Crippen LogP contribution >= 0.6 is 0 Å². The van der Waals surface area contributed by atoms with Gasteiger partial charge in [0.15, 0.2) is 0 Å². The molecule has 5 heteroatoms. The van der Waals surface area contributed by atoms with E-state index in [4.69, 9.17) is 5.11 Å². The molecule has 1 amide bonds. The van der Waals surface area contributed by atoms with E-state index in [0.717, 1.165) is 4.90 Å². The van der Waals surface area contributed by atoms with E-state index in [-0.39, 0.29) is 13.1 Å². The van der Waals surface area contributed by atoms with Gasteiger partial charge in [-0.3, -0.25) is 0 Å². The number of carboxylic acid groups (broad SMARTS) is 1. The number of rotatable bonds is 0. The standard InChI is InChI=1S/C6H7F2NO2/c7-6(8)3-1-9(5(10)11)2-4(3)6/h3-4H,1-2H2,(H,10,11). The summed E-state index contributed by atoms with van der Waals surface area (Å²) in [6.45, 7) is 0.0139. The second-order valence-electron chi connectivity index (χ2n) is 3.08. The van der Waals surface area contributed by atoms with Crippen LogP contribution in [0.5, 0.6) is 0 Å². The molecule has 1 saturated heterocycles. The Morgan fingerprint density at radius 3 is 2.27 bits per heavy atom. The minimum atomic E-state index is -2.58. The van der Waals surface area contributed by atoms with E-state index in [1.165, 1.54) is 0 Å². The lowest BCUT2D eigenvalue weighted by atomic mass is 10.4. The second kappa shape index (κ2) is 1.65. The van der Waals surface area contributed by atoms with Gasteiger partial charge in [-0.25, -0.2) is 13.6 Å². The molecule has 0 radical (unpaired) electrons. The number of halogens is 2. The molecular formula is C6H7F2NO2. The van der Waals surface area contributed by atoms with Crippen molar-refractivity contribution in [3.05, 3.63) is 0 Å². The van der Waals surface area contributed by atoms with Gasteiger partial charge < -0.3 is 10.0 Å². The van der Waals surface area contributed by atoms with Gasteiger partial charge in [-0.15, -0.1) is 0 Å². The number of amides is 1. The van der Waals surface area contributed by atoms with Gasteiger partial charge in [0.2, 0.25) is 0 Å². The van der Waals surface area contributed by atoms with Gasteiger partial charge in [-0.1, -0.05) is 0 Å². The zero-order valence-electron chi connectivity index (χ0n) is 5.63. The van der Waals surface area contributed by atoms with Crippen LogP contribution in [-0.4, -0.2) is 35.1 Å². The third-order valence-corrected chi connectivity index (χ3v) is 2.47. The number of carbonyl (C=O) groups is 1. The first kappa shape index (κ1) is 6.82. The Hall–Kier alpha value is -0.870. The summed E-state index contributed by atoms with van der Waals surface area (Å²) in [5, 5.41) is 8.40. The number of hydrogen-bond acceptors (Lipinski definition) is 1. The fraction of sp³-hybridized carbons (Fsp3) is 0.833.